The summed E-state index contributed by atoms with van der Waals surface area (Å²) < 4.78 is 0. The summed E-state index contributed by atoms with van der Waals surface area (Å²) >= 11 is 0. The van der Waals surface area contributed by atoms with Gasteiger partial charge in [-0.25, -0.2) is 0 Å². The number of hydrogen-bond donors (Lipinski definition) is 0. The lowest BCUT2D eigenvalue weighted by Gasteiger charge is -2.47. The minimum atomic E-state index is 0.845. The average molecular weight is 291 g/mol. The fraction of sp³-hybridized carbons (Fsp3) is 1.00. The van der Waals surface area contributed by atoms with Crippen LogP contribution in [0.2, 0.25) is 0 Å². The summed E-state index contributed by atoms with van der Waals surface area (Å²) in [6.07, 6.45) is 7.52. The zero-order valence-electron chi connectivity index (χ0n) is 14.0. The molecule has 2 bridgehead atoms. The molecule has 0 aromatic carbocycles. The van der Waals surface area contributed by atoms with E-state index < -0.39 is 0 Å². The summed E-state index contributed by atoms with van der Waals surface area (Å²) in [5.41, 5.74) is 0. The highest BCUT2D eigenvalue weighted by atomic mass is 15.3. The third kappa shape index (κ3) is 2.77. The Bertz CT molecular complexity index is 363. The highest BCUT2D eigenvalue weighted by Gasteiger charge is 2.43. The highest BCUT2D eigenvalue weighted by Crippen LogP contribution is 2.46. The van der Waals surface area contributed by atoms with E-state index in [0.717, 1.165) is 29.8 Å². The Morgan fingerprint density at radius 2 is 1.48 bits per heavy atom. The first-order valence-corrected chi connectivity index (χ1v) is 9.37. The van der Waals surface area contributed by atoms with Gasteiger partial charge in [0.15, 0.2) is 0 Å². The van der Waals surface area contributed by atoms with Crippen molar-refractivity contribution in [3.8, 4) is 0 Å². The molecule has 0 aromatic heterocycles. The predicted molar refractivity (Wildman–Crippen MR) is 87.4 cm³/mol. The van der Waals surface area contributed by atoms with E-state index in [1.165, 1.54) is 65.0 Å². The van der Waals surface area contributed by atoms with Crippen LogP contribution in [-0.4, -0.2) is 73.1 Å². The number of rotatable bonds is 2. The molecule has 4 fully saturated rings. The summed E-state index contributed by atoms with van der Waals surface area (Å²) in [6.45, 7) is 10.4. The third-order valence-electron chi connectivity index (χ3n) is 7.05. The van der Waals surface area contributed by atoms with Crippen molar-refractivity contribution in [3.05, 3.63) is 0 Å². The maximum Gasteiger partial charge on any atom is 0.0146 e. The monoisotopic (exact) mass is 291 g/mol. The molecule has 2 heterocycles. The molecule has 4 rings (SSSR count). The minimum Gasteiger partial charge on any atom is -0.306 e. The van der Waals surface area contributed by atoms with Gasteiger partial charge >= 0.3 is 0 Å². The number of hydrogen-bond acceptors (Lipinski definition) is 3. The molecule has 120 valence electrons. The van der Waals surface area contributed by atoms with Gasteiger partial charge in [-0.1, -0.05) is 13.3 Å². The van der Waals surface area contributed by atoms with Crippen LogP contribution in [0.4, 0.5) is 0 Å². The summed E-state index contributed by atoms with van der Waals surface area (Å²) in [7, 11) is 2.28. The Balaban J connectivity index is 1.30. The highest BCUT2D eigenvalue weighted by molar-refractivity contribution is 4.97. The van der Waals surface area contributed by atoms with Crippen molar-refractivity contribution in [1.82, 2.24) is 14.7 Å². The molecule has 3 heteroatoms. The van der Waals surface area contributed by atoms with Gasteiger partial charge in [-0.05, 0) is 57.0 Å². The maximum absolute atomic E-state index is 2.86. The van der Waals surface area contributed by atoms with E-state index in [2.05, 4.69) is 28.7 Å². The van der Waals surface area contributed by atoms with Gasteiger partial charge < -0.3 is 4.90 Å². The minimum absolute atomic E-state index is 0.845. The van der Waals surface area contributed by atoms with Crippen LogP contribution in [0.5, 0.6) is 0 Å². The molecule has 3 nitrogen and oxygen atoms in total. The second-order valence-electron chi connectivity index (χ2n) is 8.41. The van der Waals surface area contributed by atoms with E-state index in [1.807, 2.05) is 0 Å². The third-order valence-corrected chi connectivity index (χ3v) is 7.05. The molecule has 0 amide bonds. The SMILES string of the molecule is C[C@@H]1CN(C)CC[C@@H]1N1CCN([C@H]2C[C@H]3CC[C@H]2C3)CC1. The van der Waals surface area contributed by atoms with Gasteiger partial charge in [0, 0.05) is 44.8 Å². The summed E-state index contributed by atoms with van der Waals surface area (Å²) in [5, 5.41) is 0. The quantitative estimate of drug-likeness (QED) is 0.772. The van der Waals surface area contributed by atoms with E-state index in [1.54, 1.807) is 6.42 Å². The predicted octanol–water partition coefficient (Wildman–Crippen LogP) is 2.13. The fourth-order valence-electron chi connectivity index (χ4n) is 5.94. The molecule has 0 radical (unpaired) electrons. The van der Waals surface area contributed by atoms with Gasteiger partial charge in [0.1, 0.15) is 0 Å². The lowest BCUT2D eigenvalue weighted by molar-refractivity contribution is 0.0138. The molecule has 0 aromatic rings. The first-order valence-electron chi connectivity index (χ1n) is 9.37. The molecule has 5 atom stereocenters. The molecule has 2 aliphatic heterocycles. The second-order valence-corrected chi connectivity index (χ2v) is 8.41. The Morgan fingerprint density at radius 3 is 2.05 bits per heavy atom. The topological polar surface area (TPSA) is 9.72 Å². The lowest BCUT2D eigenvalue weighted by atomic mass is 9.91. The molecule has 21 heavy (non-hydrogen) atoms. The Kier molecular flexibility index (Phi) is 4.01. The molecular weight excluding hydrogens is 258 g/mol. The van der Waals surface area contributed by atoms with Crippen molar-refractivity contribution >= 4 is 0 Å². The first kappa shape index (κ1) is 14.5. The van der Waals surface area contributed by atoms with E-state index in [4.69, 9.17) is 0 Å². The van der Waals surface area contributed by atoms with Crippen molar-refractivity contribution in [2.24, 2.45) is 17.8 Å². The number of nitrogens with zero attached hydrogens (tertiary/aromatic N) is 3. The van der Waals surface area contributed by atoms with Crippen molar-refractivity contribution in [1.29, 1.82) is 0 Å². The Morgan fingerprint density at radius 1 is 0.762 bits per heavy atom. The molecule has 0 N–H and O–H groups in total. The van der Waals surface area contributed by atoms with Crippen molar-refractivity contribution in [3.63, 3.8) is 0 Å². The zero-order valence-corrected chi connectivity index (χ0v) is 14.0. The van der Waals surface area contributed by atoms with Gasteiger partial charge in [-0.15, -0.1) is 0 Å². The number of fused-ring (bicyclic) bond motifs is 2. The van der Waals surface area contributed by atoms with Gasteiger partial charge in [0.2, 0.25) is 0 Å². The normalized spacial score (nSPS) is 46.3. The van der Waals surface area contributed by atoms with Gasteiger partial charge in [0.05, 0.1) is 0 Å². The van der Waals surface area contributed by atoms with Gasteiger partial charge in [-0.3, -0.25) is 9.80 Å². The van der Waals surface area contributed by atoms with Crippen LogP contribution in [0.1, 0.15) is 39.0 Å². The molecule has 0 unspecified atom stereocenters. The van der Waals surface area contributed by atoms with E-state index in [-0.39, 0.29) is 0 Å². The summed E-state index contributed by atoms with van der Waals surface area (Å²) in [6, 6.07) is 1.81. The second kappa shape index (κ2) is 5.82. The fourth-order valence-corrected chi connectivity index (χ4v) is 5.94. The average Bonchev–Trinajstić information content (AvgIpc) is 3.10. The van der Waals surface area contributed by atoms with Crippen molar-refractivity contribution in [2.75, 3.05) is 46.3 Å². The van der Waals surface area contributed by atoms with Crippen LogP contribution in [0.25, 0.3) is 0 Å². The first-order chi connectivity index (χ1) is 10.2. The number of piperazine rings is 1. The molecule has 2 saturated carbocycles. The summed E-state index contributed by atoms with van der Waals surface area (Å²) in [5.74, 6) is 2.99. The standard InChI is InChI=1S/C18H33N3/c1-14-13-19(2)6-5-17(14)20-7-9-21(10-8-20)18-12-15-3-4-16(18)11-15/h14-18H,3-13H2,1-2H3/t14-,15+,16+,17+,18+/m1/s1. The number of likely N-dealkylation sites (tertiary alicyclic amines) is 1. The van der Waals surface area contributed by atoms with Crippen LogP contribution in [0.15, 0.2) is 0 Å². The lowest BCUT2D eigenvalue weighted by Crippen LogP contribution is -2.57. The van der Waals surface area contributed by atoms with Gasteiger partial charge in [-0.2, -0.15) is 0 Å². The van der Waals surface area contributed by atoms with Gasteiger partial charge in [0.25, 0.3) is 0 Å². The maximum atomic E-state index is 2.86. The van der Waals surface area contributed by atoms with Crippen LogP contribution in [0.3, 0.4) is 0 Å². The zero-order chi connectivity index (χ0) is 14.4. The molecule has 4 aliphatic rings. The van der Waals surface area contributed by atoms with E-state index in [0.29, 0.717) is 0 Å². The smallest absolute Gasteiger partial charge is 0.0146 e. The number of piperidine rings is 1. The summed E-state index contributed by atoms with van der Waals surface area (Å²) in [4.78, 5) is 8.19. The van der Waals surface area contributed by atoms with E-state index in [9.17, 15) is 0 Å². The van der Waals surface area contributed by atoms with E-state index >= 15 is 0 Å². The van der Waals surface area contributed by atoms with Crippen LogP contribution < -0.4 is 0 Å². The molecule has 0 spiro atoms. The van der Waals surface area contributed by atoms with Crippen LogP contribution in [-0.2, 0) is 0 Å². The molecule has 2 aliphatic carbocycles. The van der Waals surface area contributed by atoms with Crippen molar-refractivity contribution < 1.29 is 0 Å². The Labute approximate surface area is 130 Å². The van der Waals surface area contributed by atoms with Crippen LogP contribution in [0, 0.1) is 17.8 Å². The largest absolute Gasteiger partial charge is 0.306 e. The molecular formula is C18H33N3. The van der Waals surface area contributed by atoms with Crippen molar-refractivity contribution in [2.45, 2.75) is 51.1 Å². The van der Waals surface area contributed by atoms with Crippen LogP contribution >= 0.6 is 0 Å². The molecule has 2 saturated heterocycles. The Hall–Kier alpha value is -0.120.